The van der Waals surface area contributed by atoms with E-state index in [1.54, 1.807) is 4.90 Å². The molecule has 0 saturated carbocycles. The summed E-state index contributed by atoms with van der Waals surface area (Å²) < 4.78 is 0. The molecule has 6 heteroatoms. The lowest BCUT2D eigenvalue weighted by atomic mass is 9.82. The first kappa shape index (κ1) is 28.2. The lowest BCUT2D eigenvalue weighted by Gasteiger charge is -2.37. The highest BCUT2D eigenvalue weighted by Gasteiger charge is 2.40. The number of nitrogens with one attached hydrogen (secondary N) is 1. The molecule has 0 aromatic heterocycles. The van der Waals surface area contributed by atoms with Crippen LogP contribution in [0.3, 0.4) is 0 Å². The van der Waals surface area contributed by atoms with Gasteiger partial charge in [0.15, 0.2) is 0 Å². The first-order chi connectivity index (χ1) is 19.7. The molecule has 0 bridgehead atoms. The van der Waals surface area contributed by atoms with E-state index in [9.17, 15) is 14.7 Å². The first-order valence-corrected chi connectivity index (χ1v) is 14.3. The monoisotopic (exact) mass is 549 g/mol. The van der Waals surface area contributed by atoms with E-state index < -0.39 is 6.09 Å². The molecule has 4 aromatic carbocycles. The van der Waals surface area contributed by atoms with Crippen LogP contribution in [-0.4, -0.2) is 46.7 Å². The Labute approximate surface area is 242 Å². The van der Waals surface area contributed by atoms with Gasteiger partial charge in [0.1, 0.15) is 0 Å². The second kappa shape index (κ2) is 12.0. The average Bonchev–Trinajstić information content (AvgIpc) is 3.39. The average molecular weight is 550 g/mol. The zero-order valence-corrected chi connectivity index (χ0v) is 24.0. The van der Waals surface area contributed by atoms with E-state index in [0.717, 1.165) is 27.6 Å². The number of fused-ring (bicyclic) bond motifs is 1. The summed E-state index contributed by atoms with van der Waals surface area (Å²) in [5, 5.41) is 15.9. The van der Waals surface area contributed by atoms with E-state index in [1.807, 2.05) is 71.6 Å². The number of nitrogens with zero attached hydrogens (tertiary/aromatic N) is 2. The van der Waals surface area contributed by atoms with Gasteiger partial charge in [-0.1, -0.05) is 112 Å². The lowest BCUT2D eigenvalue weighted by Crippen LogP contribution is -2.41. The van der Waals surface area contributed by atoms with E-state index in [2.05, 4.69) is 62.5 Å². The molecule has 5 rings (SSSR count). The molecule has 1 fully saturated rings. The number of para-hydroxylation sites is 1. The Hall–Kier alpha value is -4.32. The van der Waals surface area contributed by atoms with Gasteiger partial charge in [-0.2, -0.15) is 0 Å². The Morgan fingerprint density at radius 1 is 0.878 bits per heavy atom. The Morgan fingerprint density at radius 2 is 1.51 bits per heavy atom. The number of anilines is 1. The minimum absolute atomic E-state index is 0.0161. The van der Waals surface area contributed by atoms with Crippen molar-refractivity contribution in [3.63, 3.8) is 0 Å². The van der Waals surface area contributed by atoms with Crippen molar-refractivity contribution in [2.75, 3.05) is 25.0 Å². The van der Waals surface area contributed by atoms with Crippen LogP contribution in [-0.2, 0) is 0 Å². The predicted molar refractivity (Wildman–Crippen MR) is 165 cm³/mol. The van der Waals surface area contributed by atoms with Crippen LogP contribution in [0.2, 0.25) is 0 Å². The highest BCUT2D eigenvalue weighted by atomic mass is 16.4. The molecule has 0 aliphatic carbocycles. The van der Waals surface area contributed by atoms with Gasteiger partial charge in [0.05, 0.1) is 6.04 Å². The molecular formula is C35H39N3O3. The summed E-state index contributed by atoms with van der Waals surface area (Å²) in [6.07, 6.45) is -0.264. The summed E-state index contributed by atoms with van der Waals surface area (Å²) in [6.45, 7) is 7.79. The normalized spacial score (nSPS) is 17.8. The number of carboxylic acid groups (broad SMARTS) is 1. The molecule has 0 radical (unpaired) electrons. The second-order valence-corrected chi connectivity index (χ2v) is 12.3. The first-order valence-electron chi connectivity index (χ1n) is 14.3. The minimum atomic E-state index is -0.939. The topological polar surface area (TPSA) is 72.9 Å². The Kier molecular flexibility index (Phi) is 8.29. The minimum Gasteiger partial charge on any atom is -0.465 e. The second-order valence-electron chi connectivity index (χ2n) is 12.3. The number of hydrogen-bond acceptors (Lipinski definition) is 2. The third-order valence-corrected chi connectivity index (χ3v) is 8.02. The largest absolute Gasteiger partial charge is 0.465 e. The van der Waals surface area contributed by atoms with Gasteiger partial charge >= 0.3 is 12.1 Å². The lowest BCUT2D eigenvalue weighted by molar-refractivity contribution is 0.0977. The standard InChI is InChI=1S/C35H39N3O3/c1-35(2,3)21-32(30-20-12-16-25-15-10-11-19-29(25)30)38(34(40)41)23-27-22-37(24-31(27)26-13-6-4-7-14-26)33(39)36-28-17-8-5-9-18-28/h4-20,27,31-32H,21-24H2,1-3H3,(H,36,39)(H,40,41)/t27?,31?,32-/m1/s1. The van der Waals surface area contributed by atoms with Gasteiger partial charge in [-0.3, -0.25) is 0 Å². The third-order valence-electron chi connectivity index (χ3n) is 8.02. The van der Waals surface area contributed by atoms with Gasteiger partial charge in [0.25, 0.3) is 0 Å². The molecule has 1 saturated heterocycles. The van der Waals surface area contributed by atoms with Crippen molar-refractivity contribution in [2.45, 2.75) is 39.2 Å². The highest BCUT2D eigenvalue weighted by Crippen LogP contribution is 2.40. The molecule has 41 heavy (non-hydrogen) atoms. The van der Waals surface area contributed by atoms with Crippen LogP contribution < -0.4 is 5.32 Å². The number of carbonyl (C=O) groups excluding carboxylic acids is 1. The maximum Gasteiger partial charge on any atom is 0.407 e. The fourth-order valence-electron chi connectivity index (χ4n) is 6.12. The Bertz CT molecular complexity index is 1480. The van der Waals surface area contributed by atoms with Gasteiger partial charge in [0.2, 0.25) is 0 Å². The molecule has 1 aliphatic heterocycles. The van der Waals surface area contributed by atoms with Crippen molar-refractivity contribution in [3.8, 4) is 0 Å². The molecule has 3 atom stereocenters. The maximum atomic E-state index is 13.3. The Balaban J connectivity index is 1.48. The van der Waals surface area contributed by atoms with Crippen LogP contribution in [0, 0.1) is 11.3 Å². The predicted octanol–water partition coefficient (Wildman–Crippen LogP) is 8.24. The fraction of sp³-hybridized carbons (Fsp3) is 0.314. The fourth-order valence-corrected chi connectivity index (χ4v) is 6.12. The summed E-state index contributed by atoms with van der Waals surface area (Å²) in [7, 11) is 0. The summed E-state index contributed by atoms with van der Waals surface area (Å²) >= 11 is 0. The van der Waals surface area contributed by atoms with Crippen molar-refractivity contribution in [2.24, 2.45) is 11.3 Å². The van der Waals surface area contributed by atoms with Crippen LogP contribution in [0.5, 0.6) is 0 Å². The van der Waals surface area contributed by atoms with Gasteiger partial charge in [-0.15, -0.1) is 0 Å². The smallest absolute Gasteiger partial charge is 0.407 e. The van der Waals surface area contributed by atoms with E-state index >= 15 is 0 Å². The Morgan fingerprint density at radius 3 is 2.20 bits per heavy atom. The number of hydrogen-bond donors (Lipinski definition) is 2. The molecule has 6 nitrogen and oxygen atoms in total. The summed E-state index contributed by atoms with van der Waals surface area (Å²) in [5.41, 5.74) is 2.78. The van der Waals surface area contributed by atoms with Crippen LogP contribution in [0.4, 0.5) is 15.3 Å². The summed E-state index contributed by atoms with van der Waals surface area (Å²) in [5.74, 6) is -0.0464. The summed E-state index contributed by atoms with van der Waals surface area (Å²) in [6, 6.07) is 33.4. The number of urea groups is 1. The molecule has 1 heterocycles. The van der Waals surface area contributed by atoms with E-state index in [-0.39, 0.29) is 29.3 Å². The number of carbonyl (C=O) groups is 2. The molecule has 3 amide bonds. The van der Waals surface area contributed by atoms with Crippen molar-refractivity contribution < 1.29 is 14.7 Å². The number of amides is 3. The maximum absolute atomic E-state index is 13.3. The van der Waals surface area contributed by atoms with E-state index in [4.69, 9.17) is 0 Å². The zero-order chi connectivity index (χ0) is 29.0. The van der Waals surface area contributed by atoms with Crippen LogP contribution >= 0.6 is 0 Å². The van der Waals surface area contributed by atoms with Gasteiger partial charge < -0.3 is 20.2 Å². The number of benzene rings is 4. The van der Waals surface area contributed by atoms with Crippen LogP contribution in [0.15, 0.2) is 103 Å². The van der Waals surface area contributed by atoms with Crippen LogP contribution in [0.1, 0.15) is 50.3 Å². The highest BCUT2D eigenvalue weighted by molar-refractivity contribution is 5.89. The van der Waals surface area contributed by atoms with E-state index in [1.165, 1.54) is 0 Å². The third kappa shape index (κ3) is 6.71. The van der Waals surface area contributed by atoms with Gasteiger partial charge in [0, 0.05) is 37.2 Å². The van der Waals surface area contributed by atoms with Crippen LogP contribution in [0.25, 0.3) is 10.8 Å². The van der Waals surface area contributed by atoms with Crippen molar-refractivity contribution >= 4 is 28.6 Å². The molecule has 2 unspecified atom stereocenters. The van der Waals surface area contributed by atoms with E-state index in [0.29, 0.717) is 26.1 Å². The van der Waals surface area contributed by atoms with Crippen molar-refractivity contribution in [3.05, 3.63) is 114 Å². The number of rotatable bonds is 7. The summed E-state index contributed by atoms with van der Waals surface area (Å²) in [4.78, 5) is 29.8. The van der Waals surface area contributed by atoms with Crippen molar-refractivity contribution in [1.29, 1.82) is 0 Å². The zero-order valence-electron chi connectivity index (χ0n) is 24.0. The van der Waals surface area contributed by atoms with Crippen molar-refractivity contribution in [1.82, 2.24) is 9.80 Å². The SMILES string of the molecule is CC(C)(C)C[C@H](c1cccc2ccccc12)N(CC1CN(C(=O)Nc2ccccc2)CC1c1ccccc1)C(=O)O. The quantitative estimate of drug-likeness (QED) is 0.244. The molecule has 4 aromatic rings. The van der Waals surface area contributed by atoms with Gasteiger partial charge in [-0.25, -0.2) is 9.59 Å². The molecular weight excluding hydrogens is 510 g/mol. The van der Waals surface area contributed by atoms with Gasteiger partial charge in [-0.05, 0) is 45.9 Å². The molecule has 212 valence electrons. The molecule has 1 aliphatic rings. The molecule has 2 N–H and O–H groups in total. The molecule has 0 spiro atoms. The number of likely N-dealkylation sites (tertiary alicyclic amines) is 1.